The van der Waals surface area contributed by atoms with E-state index in [9.17, 15) is 28.2 Å². The fraction of sp³-hybridized carbons (Fsp3) is 0.0769. The Labute approximate surface area is 238 Å². The number of phenols is 1. The van der Waals surface area contributed by atoms with Gasteiger partial charge in [0.2, 0.25) is 0 Å². The van der Waals surface area contributed by atoms with Gasteiger partial charge in [-0.05, 0) is 73.5 Å². The number of azo groups is 3. The van der Waals surface area contributed by atoms with Crippen molar-refractivity contribution in [1.82, 2.24) is 0 Å². The molecule has 0 saturated heterocycles. The zero-order valence-corrected chi connectivity index (χ0v) is 22.9. The summed E-state index contributed by atoms with van der Waals surface area (Å²) in [7, 11) is -5.01. The van der Waals surface area contributed by atoms with Crippen LogP contribution in [0.2, 0.25) is 0 Å². The molecule has 0 unspecified atom stereocenters. The molecule has 16 heteroatoms. The van der Waals surface area contributed by atoms with E-state index in [0.29, 0.717) is 17.4 Å². The molecule has 4 aromatic rings. The van der Waals surface area contributed by atoms with E-state index in [1.165, 1.54) is 12.1 Å². The summed E-state index contributed by atoms with van der Waals surface area (Å²) in [5, 5.41) is 45.6. The number of nitrogen functional groups attached to an aromatic ring is 2. The molecule has 0 amide bonds. The van der Waals surface area contributed by atoms with Crippen molar-refractivity contribution in [3.8, 4) is 5.75 Å². The van der Waals surface area contributed by atoms with E-state index in [0.717, 1.165) is 22.9 Å². The minimum Gasteiger partial charge on any atom is -0.504 e. The van der Waals surface area contributed by atoms with Crippen molar-refractivity contribution in [2.75, 3.05) is 11.5 Å². The van der Waals surface area contributed by atoms with Crippen LogP contribution in [0, 0.1) is 24.0 Å². The molecule has 15 nitrogen and oxygen atoms in total. The van der Waals surface area contributed by atoms with Crippen LogP contribution in [0.15, 0.2) is 102 Å². The van der Waals surface area contributed by atoms with E-state index in [4.69, 9.17) is 11.5 Å². The summed E-state index contributed by atoms with van der Waals surface area (Å²) in [6.07, 6.45) is 0. The summed E-state index contributed by atoms with van der Waals surface area (Å²) in [6.45, 7) is 4.01. The lowest BCUT2D eigenvalue weighted by Crippen LogP contribution is -2.00. The lowest BCUT2D eigenvalue weighted by molar-refractivity contribution is -0.385. The van der Waals surface area contributed by atoms with Gasteiger partial charge in [0.25, 0.3) is 15.8 Å². The number of hydrogen-bond acceptors (Lipinski definition) is 13. The topological polar surface area (TPSA) is 244 Å². The van der Waals surface area contributed by atoms with Gasteiger partial charge >= 0.3 is 0 Å². The smallest absolute Gasteiger partial charge is 0.298 e. The maximum atomic E-state index is 11.5. The number of nitro benzene ring substituents is 1. The molecule has 42 heavy (non-hydrogen) atoms. The summed E-state index contributed by atoms with van der Waals surface area (Å²) < 4.78 is 32.4. The maximum Gasteiger partial charge on any atom is 0.298 e. The first kappa shape index (κ1) is 29.4. The first-order valence-corrected chi connectivity index (χ1v) is 13.4. The second kappa shape index (κ2) is 11.9. The highest BCUT2D eigenvalue weighted by Crippen LogP contribution is 2.40. The van der Waals surface area contributed by atoms with E-state index < -0.39 is 37.1 Å². The molecule has 0 fully saturated rings. The third-order valence-corrected chi connectivity index (χ3v) is 6.73. The number of nitrogens with two attached hydrogens (primary N) is 2. The molecule has 6 N–H and O–H groups in total. The molecule has 0 spiro atoms. The van der Waals surface area contributed by atoms with Gasteiger partial charge in [-0.25, -0.2) is 0 Å². The Hall–Kier alpha value is -5.61. The molecular weight excluding hydrogens is 566 g/mol. The average molecular weight is 590 g/mol. The van der Waals surface area contributed by atoms with Crippen LogP contribution in [-0.2, 0) is 10.1 Å². The highest BCUT2D eigenvalue weighted by molar-refractivity contribution is 7.86. The summed E-state index contributed by atoms with van der Waals surface area (Å²) in [5.41, 5.74) is 15.0. The van der Waals surface area contributed by atoms with Gasteiger partial charge in [-0.15, -0.1) is 15.3 Å². The number of rotatable bonds is 8. The average Bonchev–Trinajstić information content (AvgIpc) is 2.93. The predicted octanol–water partition coefficient (Wildman–Crippen LogP) is 7.57. The molecule has 0 aliphatic carbocycles. The van der Waals surface area contributed by atoms with E-state index >= 15 is 0 Å². The molecule has 4 rings (SSSR count). The van der Waals surface area contributed by atoms with Crippen molar-refractivity contribution < 1.29 is 23.0 Å². The molecular formula is C26H23N9O6S. The molecule has 0 saturated carbocycles. The Morgan fingerprint density at radius 1 is 0.690 bits per heavy atom. The van der Waals surface area contributed by atoms with Gasteiger partial charge in [-0.3, -0.25) is 14.7 Å². The number of hydrogen-bond donors (Lipinski definition) is 4. The van der Waals surface area contributed by atoms with Crippen LogP contribution in [0.1, 0.15) is 11.1 Å². The van der Waals surface area contributed by atoms with Crippen molar-refractivity contribution in [2.45, 2.75) is 18.7 Å². The minimum atomic E-state index is -5.01. The van der Waals surface area contributed by atoms with Gasteiger partial charge in [0.15, 0.2) is 5.75 Å². The van der Waals surface area contributed by atoms with Crippen LogP contribution >= 0.6 is 0 Å². The van der Waals surface area contributed by atoms with E-state index in [-0.39, 0.29) is 22.7 Å². The Morgan fingerprint density at radius 3 is 1.74 bits per heavy atom. The quantitative estimate of drug-likeness (QED) is 0.0523. The van der Waals surface area contributed by atoms with Crippen molar-refractivity contribution in [2.24, 2.45) is 30.7 Å². The van der Waals surface area contributed by atoms with Crippen molar-refractivity contribution in [1.29, 1.82) is 0 Å². The highest BCUT2D eigenvalue weighted by Gasteiger charge is 2.24. The molecule has 0 bridgehead atoms. The number of aryl methyl sites for hydroxylation is 2. The second-order valence-electron chi connectivity index (χ2n) is 8.90. The molecule has 0 aliphatic rings. The van der Waals surface area contributed by atoms with Gasteiger partial charge in [-0.1, -0.05) is 6.07 Å². The molecule has 0 radical (unpaired) electrons. The summed E-state index contributed by atoms with van der Waals surface area (Å²) in [5.74, 6) is -1.04. The molecule has 0 heterocycles. The minimum absolute atomic E-state index is 0.0143. The standard InChI is InChI=1S/C26H23N9O6S/c1-14-3-4-18(9-15(14)2)31-29-16-5-7-17(8-6-16)30-32-22-13-23(21(28)12-20(22)27)33-34-24-10-19(35(37)38)11-25(26(24)36)42(39,40)41/h3-13,36H,27-28H2,1-2H3,(H,39,40,41). The zero-order chi connectivity index (χ0) is 30.6. The van der Waals surface area contributed by atoms with Gasteiger partial charge in [0.05, 0.1) is 33.4 Å². The molecule has 214 valence electrons. The van der Waals surface area contributed by atoms with Gasteiger partial charge in [0.1, 0.15) is 22.0 Å². The number of anilines is 2. The number of aromatic hydroxyl groups is 1. The number of benzene rings is 4. The predicted molar refractivity (Wildman–Crippen MR) is 155 cm³/mol. The highest BCUT2D eigenvalue weighted by atomic mass is 32.2. The fourth-order valence-electron chi connectivity index (χ4n) is 3.45. The van der Waals surface area contributed by atoms with E-state index in [1.807, 2.05) is 32.0 Å². The molecule has 0 aromatic heterocycles. The summed E-state index contributed by atoms with van der Waals surface area (Å²) in [6, 6.07) is 16.4. The van der Waals surface area contributed by atoms with Crippen molar-refractivity contribution in [3.05, 3.63) is 88.0 Å². The second-order valence-corrected chi connectivity index (χ2v) is 10.3. The van der Waals surface area contributed by atoms with Crippen molar-refractivity contribution >= 4 is 61.3 Å². The lowest BCUT2D eigenvalue weighted by Gasteiger charge is -2.06. The number of nitrogens with zero attached hydrogens (tertiary/aromatic N) is 7. The van der Waals surface area contributed by atoms with Gasteiger partial charge in [-0.2, -0.15) is 23.8 Å². The van der Waals surface area contributed by atoms with E-state index in [1.54, 1.807) is 24.3 Å². The van der Waals surface area contributed by atoms with Gasteiger partial charge in [0, 0.05) is 12.1 Å². The van der Waals surface area contributed by atoms with Crippen LogP contribution in [-0.4, -0.2) is 23.0 Å². The van der Waals surface area contributed by atoms with E-state index in [2.05, 4.69) is 30.7 Å². The molecule has 4 aromatic carbocycles. The van der Waals surface area contributed by atoms with Gasteiger partial charge < -0.3 is 16.6 Å². The first-order chi connectivity index (χ1) is 19.8. The Kier molecular flexibility index (Phi) is 8.30. The Bertz CT molecular complexity index is 1890. The Morgan fingerprint density at radius 2 is 1.19 bits per heavy atom. The monoisotopic (exact) mass is 589 g/mol. The van der Waals surface area contributed by atoms with Crippen LogP contribution in [0.25, 0.3) is 0 Å². The van der Waals surface area contributed by atoms with Crippen LogP contribution in [0.5, 0.6) is 5.75 Å². The third-order valence-electron chi connectivity index (χ3n) is 5.86. The van der Waals surface area contributed by atoms with Crippen LogP contribution < -0.4 is 11.5 Å². The largest absolute Gasteiger partial charge is 0.504 e. The van der Waals surface area contributed by atoms with Crippen molar-refractivity contribution in [3.63, 3.8) is 0 Å². The number of phenolic OH excluding ortho intramolecular Hbond substituents is 1. The van der Waals surface area contributed by atoms with Crippen LogP contribution in [0.3, 0.4) is 0 Å². The summed E-state index contributed by atoms with van der Waals surface area (Å²) >= 11 is 0. The first-order valence-electron chi connectivity index (χ1n) is 11.9. The zero-order valence-electron chi connectivity index (χ0n) is 22.1. The summed E-state index contributed by atoms with van der Waals surface area (Å²) in [4.78, 5) is 9.15. The maximum absolute atomic E-state index is 11.5. The molecule has 0 atom stereocenters. The third kappa shape index (κ3) is 6.93. The number of nitro groups is 1. The lowest BCUT2D eigenvalue weighted by atomic mass is 10.1. The fourth-order valence-corrected chi connectivity index (χ4v) is 4.07. The number of non-ortho nitro benzene ring substituents is 1. The SMILES string of the molecule is Cc1ccc(N=Nc2ccc(N=Nc3cc(N=Nc4cc([N+](=O)[O-])cc(S(=O)(=O)O)c4O)c(N)cc3N)cc2)cc1C. The molecule has 0 aliphatic heterocycles. The van der Waals surface area contributed by atoms with Crippen LogP contribution in [0.4, 0.5) is 51.2 Å². The normalized spacial score (nSPS) is 12.1. The Balaban J connectivity index is 1.57.